The average Bonchev–Trinajstić information content (AvgIpc) is 2.63. The lowest BCUT2D eigenvalue weighted by Gasteiger charge is -2.33. The maximum atomic E-state index is 12.4. The Balaban J connectivity index is 1.81. The van der Waals surface area contributed by atoms with Gasteiger partial charge in [0.05, 0.1) is 5.92 Å². The minimum atomic E-state index is -0.157. The molecule has 0 saturated carbocycles. The Hall–Kier alpha value is -2.24. The lowest BCUT2D eigenvalue weighted by molar-refractivity contribution is -0.138. The molecule has 0 bridgehead atoms. The Morgan fingerprint density at radius 1 is 1.32 bits per heavy atom. The van der Waals surface area contributed by atoms with Gasteiger partial charge in [0.1, 0.15) is 0 Å². The van der Waals surface area contributed by atoms with Crippen LogP contribution >= 0.6 is 0 Å². The summed E-state index contributed by atoms with van der Waals surface area (Å²) in [7, 11) is 0. The highest BCUT2D eigenvalue weighted by Gasteiger charge is 2.29. The molecule has 0 unspecified atom stereocenters. The predicted molar refractivity (Wildman–Crippen MR) is 95.2 cm³/mol. The van der Waals surface area contributed by atoms with Crippen molar-refractivity contribution in [3.8, 4) is 11.5 Å². The molecule has 2 rings (SSSR count). The van der Waals surface area contributed by atoms with Gasteiger partial charge in [-0.2, -0.15) is 0 Å². The van der Waals surface area contributed by atoms with Gasteiger partial charge >= 0.3 is 0 Å². The first-order valence-electron chi connectivity index (χ1n) is 8.99. The van der Waals surface area contributed by atoms with Crippen molar-refractivity contribution in [2.24, 2.45) is 11.8 Å². The highest BCUT2D eigenvalue weighted by Crippen LogP contribution is 2.25. The van der Waals surface area contributed by atoms with Gasteiger partial charge in [-0.05, 0) is 43.4 Å². The zero-order valence-corrected chi connectivity index (χ0v) is 15.0. The highest BCUT2D eigenvalue weighted by molar-refractivity contribution is 5.82. The van der Waals surface area contributed by atoms with Gasteiger partial charge in [0.15, 0.2) is 11.5 Å². The van der Waals surface area contributed by atoms with Gasteiger partial charge in [-0.3, -0.25) is 9.59 Å². The molecule has 3 N–H and O–H groups in total. The van der Waals surface area contributed by atoms with E-state index < -0.39 is 0 Å². The van der Waals surface area contributed by atoms with Gasteiger partial charge in [0.25, 0.3) is 0 Å². The number of phenolic OH excluding ortho intramolecular Hbond substituents is 2. The highest BCUT2D eigenvalue weighted by atomic mass is 16.3. The molecule has 0 aliphatic carbocycles. The smallest absolute Gasteiger partial charge is 0.225 e. The van der Waals surface area contributed by atoms with Gasteiger partial charge in [-0.15, -0.1) is 0 Å². The first-order chi connectivity index (χ1) is 11.9. The number of benzene rings is 1. The van der Waals surface area contributed by atoms with Crippen molar-refractivity contribution in [2.45, 2.75) is 39.5 Å². The van der Waals surface area contributed by atoms with E-state index in [0.717, 1.165) is 31.4 Å². The fourth-order valence-electron chi connectivity index (χ4n) is 3.08. The Labute approximate surface area is 148 Å². The molecule has 1 saturated heterocycles. The molecule has 0 spiro atoms. The molecule has 1 heterocycles. The van der Waals surface area contributed by atoms with Crippen LogP contribution in [0.25, 0.3) is 0 Å². The molecule has 1 aliphatic rings. The molecule has 0 aromatic heterocycles. The number of phenols is 2. The summed E-state index contributed by atoms with van der Waals surface area (Å²) in [5.74, 6) is -0.348. The first-order valence-corrected chi connectivity index (χ1v) is 8.99. The van der Waals surface area contributed by atoms with E-state index in [0.29, 0.717) is 19.5 Å². The molecule has 1 fully saturated rings. The van der Waals surface area contributed by atoms with Gasteiger partial charge in [0, 0.05) is 25.6 Å². The molecular formula is C19H28N2O4. The molecule has 1 aromatic carbocycles. The maximum absolute atomic E-state index is 12.4. The molecular weight excluding hydrogens is 320 g/mol. The third kappa shape index (κ3) is 5.11. The quantitative estimate of drug-likeness (QED) is 0.686. The van der Waals surface area contributed by atoms with Crippen molar-refractivity contribution in [1.82, 2.24) is 10.2 Å². The van der Waals surface area contributed by atoms with Crippen LogP contribution in [0.15, 0.2) is 18.2 Å². The van der Waals surface area contributed by atoms with Gasteiger partial charge < -0.3 is 20.4 Å². The number of hydrogen-bond donors (Lipinski definition) is 3. The number of piperidine rings is 1. The van der Waals surface area contributed by atoms with Crippen molar-refractivity contribution in [2.75, 3.05) is 19.6 Å². The number of carbonyl (C=O) groups excluding carboxylic acids is 2. The molecule has 2 amide bonds. The molecule has 6 nitrogen and oxygen atoms in total. The second kappa shape index (κ2) is 8.74. The predicted octanol–water partition coefficient (Wildman–Crippen LogP) is 2.04. The summed E-state index contributed by atoms with van der Waals surface area (Å²) in [5, 5.41) is 21.7. The summed E-state index contributed by atoms with van der Waals surface area (Å²) in [6.07, 6.45) is 3.04. The maximum Gasteiger partial charge on any atom is 0.225 e. The number of nitrogens with zero attached hydrogens (tertiary/aromatic N) is 1. The summed E-state index contributed by atoms with van der Waals surface area (Å²) >= 11 is 0. The van der Waals surface area contributed by atoms with Gasteiger partial charge in [-0.25, -0.2) is 0 Å². The number of amides is 2. The zero-order chi connectivity index (χ0) is 18.4. The molecule has 0 radical (unpaired) electrons. The zero-order valence-electron chi connectivity index (χ0n) is 15.0. The number of hydrogen-bond acceptors (Lipinski definition) is 4. The summed E-state index contributed by atoms with van der Waals surface area (Å²) < 4.78 is 0. The Bertz CT molecular complexity index is 617. The summed E-state index contributed by atoms with van der Waals surface area (Å²) in [6.45, 7) is 5.62. The van der Waals surface area contributed by atoms with E-state index in [1.165, 1.54) is 12.1 Å². The van der Waals surface area contributed by atoms with Crippen molar-refractivity contribution in [3.63, 3.8) is 0 Å². The van der Waals surface area contributed by atoms with E-state index >= 15 is 0 Å². The van der Waals surface area contributed by atoms with E-state index in [1.54, 1.807) is 6.07 Å². The second-order valence-electron chi connectivity index (χ2n) is 6.80. The molecule has 1 aromatic rings. The SMILES string of the molecule is CC[C@H](C)C(=O)N1CCC[C@H](C(=O)NCCc2ccc(O)c(O)c2)C1. The van der Waals surface area contributed by atoms with Crippen LogP contribution in [-0.4, -0.2) is 46.6 Å². The van der Waals surface area contributed by atoms with Crippen molar-refractivity contribution >= 4 is 11.8 Å². The van der Waals surface area contributed by atoms with E-state index in [9.17, 15) is 19.8 Å². The number of aromatic hydroxyl groups is 2. The molecule has 6 heteroatoms. The van der Waals surface area contributed by atoms with Crippen molar-refractivity contribution < 1.29 is 19.8 Å². The van der Waals surface area contributed by atoms with Gasteiger partial charge in [-0.1, -0.05) is 19.9 Å². The number of carbonyl (C=O) groups is 2. The molecule has 2 atom stereocenters. The van der Waals surface area contributed by atoms with Crippen LogP contribution in [0, 0.1) is 11.8 Å². The Kier molecular flexibility index (Phi) is 6.67. The van der Waals surface area contributed by atoms with Crippen LogP contribution in [0.2, 0.25) is 0 Å². The van der Waals surface area contributed by atoms with E-state index in [4.69, 9.17) is 0 Å². The van der Waals surface area contributed by atoms with E-state index in [1.807, 2.05) is 18.7 Å². The van der Waals surface area contributed by atoms with Crippen LogP contribution in [0.1, 0.15) is 38.7 Å². The summed E-state index contributed by atoms with van der Waals surface area (Å²) in [4.78, 5) is 26.5. The van der Waals surface area contributed by atoms with Crippen molar-refractivity contribution in [3.05, 3.63) is 23.8 Å². The van der Waals surface area contributed by atoms with Crippen LogP contribution < -0.4 is 5.32 Å². The third-order valence-electron chi connectivity index (χ3n) is 4.89. The largest absolute Gasteiger partial charge is 0.504 e. The van der Waals surface area contributed by atoms with Crippen LogP contribution in [0.5, 0.6) is 11.5 Å². The fourth-order valence-corrected chi connectivity index (χ4v) is 3.08. The number of rotatable bonds is 6. The number of nitrogens with one attached hydrogen (secondary N) is 1. The summed E-state index contributed by atoms with van der Waals surface area (Å²) in [6, 6.07) is 4.65. The lowest BCUT2D eigenvalue weighted by Crippen LogP contribution is -2.47. The second-order valence-corrected chi connectivity index (χ2v) is 6.80. The fraction of sp³-hybridized carbons (Fsp3) is 0.579. The Morgan fingerprint density at radius 3 is 2.76 bits per heavy atom. The molecule has 1 aliphatic heterocycles. The molecule has 138 valence electrons. The monoisotopic (exact) mass is 348 g/mol. The Morgan fingerprint density at radius 2 is 2.08 bits per heavy atom. The van der Waals surface area contributed by atoms with E-state index in [2.05, 4.69) is 5.32 Å². The van der Waals surface area contributed by atoms with E-state index in [-0.39, 0.29) is 35.1 Å². The molecule has 25 heavy (non-hydrogen) atoms. The minimum Gasteiger partial charge on any atom is -0.504 e. The lowest BCUT2D eigenvalue weighted by atomic mass is 9.95. The van der Waals surface area contributed by atoms with Crippen LogP contribution in [-0.2, 0) is 16.0 Å². The normalized spacial score (nSPS) is 18.6. The first kappa shape index (κ1) is 19.1. The van der Waals surface area contributed by atoms with Crippen LogP contribution in [0.3, 0.4) is 0 Å². The van der Waals surface area contributed by atoms with Crippen LogP contribution in [0.4, 0.5) is 0 Å². The number of likely N-dealkylation sites (tertiary alicyclic amines) is 1. The van der Waals surface area contributed by atoms with Gasteiger partial charge in [0.2, 0.25) is 11.8 Å². The standard InChI is InChI=1S/C19H28N2O4/c1-3-13(2)19(25)21-10-4-5-15(12-21)18(24)20-9-8-14-6-7-16(22)17(23)11-14/h6-7,11,13,15,22-23H,3-5,8-10,12H2,1-2H3,(H,20,24)/t13-,15-/m0/s1. The minimum absolute atomic E-state index is 0.00369. The topological polar surface area (TPSA) is 89.9 Å². The third-order valence-corrected chi connectivity index (χ3v) is 4.89. The average molecular weight is 348 g/mol. The van der Waals surface area contributed by atoms with Crippen molar-refractivity contribution in [1.29, 1.82) is 0 Å². The summed E-state index contributed by atoms with van der Waals surface area (Å²) in [5.41, 5.74) is 0.841.